The summed E-state index contributed by atoms with van der Waals surface area (Å²) in [5.74, 6) is -0.141. The lowest BCUT2D eigenvalue weighted by molar-refractivity contribution is 0.562. The SMILES string of the molecule is O=S1(=O)CCC(NS(=O)(=O)c2ccc(Br)c(Cl)c2)C1. The molecule has 1 aliphatic heterocycles. The molecule has 19 heavy (non-hydrogen) atoms. The fourth-order valence-electron chi connectivity index (χ4n) is 1.82. The van der Waals surface area contributed by atoms with Crippen LogP contribution in [0.4, 0.5) is 0 Å². The van der Waals surface area contributed by atoms with Gasteiger partial charge in [-0.25, -0.2) is 21.6 Å². The number of rotatable bonds is 3. The molecule has 1 N–H and O–H groups in total. The van der Waals surface area contributed by atoms with Gasteiger partial charge < -0.3 is 0 Å². The smallest absolute Gasteiger partial charge is 0.229 e. The van der Waals surface area contributed by atoms with Crippen molar-refractivity contribution < 1.29 is 16.8 Å². The highest BCUT2D eigenvalue weighted by Crippen LogP contribution is 2.25. The van der Waals surface area contributed by atoms with E-state index in [1.54, 1.807) is 0 Å². The Bertz CT molecular complexity index is 702. The molecule has 0 amide bonds. The van der Waals surface area contributed by atoms with Gasteiger partial charge in [0, 0.05) is 10.5 Å². The Labute approximate surface area is 125 Å². The van der Waals surface area contributed by atoms with Gasteiger partial charge in [-0.05, 0) is 40.5 Å². The van der Waals surface area contributed by atoms with Crippen LogP contribution in [0.2, 0.25) is 5.02 Å². The highest BCUT2D eigenvalue weighted by atomic mass is 79.9. The van der Waals surface area contributed by atoms with Crippen molar-refractivity contribution >= 4 is 47.4 Å². The average Bonchev–Trinajstić information content (AvgIpc) is 2.61. The molecule has 1 fully saturated rings. The molecule has 2 rings (SSSR count). The Morgan fingerprint density at radius 3 is 2.58 bits per heavy atom. The molecule has 1 aliphatic rings. The minimum absolute atomic E-state index is 0.0152. The lowest BCUT2D eigenvalue weighted by Gasteiger charge is -2.12. The third-order valence-electron chi connectivity index (χ3n) is 2.76. The number of hydrogen-bond acceptors (Lipinski definition) is 4. The maximum Gasteiger partial charge on any atom is 0.240 e. The Morgan fingerprint density at radius 1 is 1.37 bits per heavy atom. The first-order valence-corrected chi connectivity index (χ1v) is 9.85. The van der Waals surface area contributed by atoms with E-state index in [1.165, 1.54) is 18.2 Å². The number of sulfone groups is 1. The van der Waals surface area contributed by atoms with Gasteiger partial charge in [-0.1, -0.05) is 11.6 Å². The molecule has 0 saturated carbocycles. The zero-order chi connectivity index (χ0) is 14.3. The summed E-state index contributed by atoms with van der Waals surface area (Å²) in [6.07, 6.45) is 0.297. The van der Waals surface area contributed by atoms with Crippen molar-refractivity contribution in [1.82, 2.24) is 4.72 Å². The monoisotopic (exact) mass is 387 g/mol. The van der Waals surface area contributed by atoms with Gasteiger partial charge in [0.25, 0.3) is 0 Å². The molecule has 1 saturated heterocycles. The van der Waals surface area contributed by atoms with Crippen LogP contribution in [-0.4, -0.2) is 34.4 Å². The molecule has 1 heterocycles. The molecule has 1 unspecified atom stereocenters. The number of nitrogens with one attached hydrogen (secondary N) is 1. The van der Waals surface area contributed by atoms with Crippen LogP contribution in [0, 0.1) is 0 Å². The Balaban J connectivity index is 2.21. The van der Waals surface area contributed by atoms with Gasteiger partial charge in [0.1, 0.15) is 0 Å². The van der Waals surface area contributed by atoms with E-state index in [9.17, 15) is 16.8 Å². The van der Waals surface area contributed by atoms with E-state index in [2.05, 4.69) is 20.7 Å². The summed E-state index contributed by atoms with van der Waals surface area (Å²) >= 11 is 9.02. The summed E-state index contributed by atoms with van der Waals surface area (Å²) in [5.41, 5.74) is 0. The van der Waals surface area contributed by atoms with E-state index < -0.39 is 25.9 Å². The van der Waals surface area contributed by atoms with Crippen LogP contribution in [0.5, 0.6) is 0 Å². The quantitative estimate of drug-likeness (QED) is 0.852. The Morgan fingerprint density at radius 2 is 2.05 bits per heavy atom. The number of halogens is 2. The third kappa shape index (κ3) is 3.69. The van der Waals surface area contributed by atoms with Gasteiger partial charge in [-0.3, -0.25) is 0 Å². The van der Waals surface area contributed by atoms with E-state index in [1.807, 2.05) is 0 Å². The predicted molar refractivity (Wildman–Crippen MR) is 76.5 cm³/mol. The first-order chi connectivity index (χ1) is 8.70. The molecule has 1 aromatic carbocycles. The van der Waals surface area contributed by atoms with Gasteiger partial charge in [0.2, 0.25) is 10.0 Å². The molecule has 0 spiro atoms. The van der Waals surface area contributed by atoms with Crippen molar-refractivity contribution in [3.8, 4) is 0 Å². The van der Waals surface area contributed by atoms with E-state index in [4.69, 9.17) is 11.6 Å². The van der Waals surface area contributed by atoms with Crippen molar-refractivity contribution in [2.75, 3.05) is 11.5 Å². The van der Waals surface area contributed by atoms with Crippen molar-refractivity contribution in [2.45, 2.75) is 17.4 Å². The number of sulfonamides is 1. The molecule has 9 heteroatoms. The first kappa shape index (κ1) is 15.2. The molecule has 0 aromatic heterocycles. The zero-order valence-electron chi connectivity index (χ0n) is 9.64. The molecule has 1 atom stereocenters. The standard InChI is InChI=1S/C10H11BrClNO4S2/c11-9-2-1-8(5-10(9)12)19(16,17)13-7-3-4-18(14,15)6-7/h1-2,5,7,13H,3-4,6H2. The fraction of sp³-hybridized carbons (Fsp3) is 0.400. The van der Waals surface area contributed by atoms with Crippen LogP contribution in [-0.2, 0) is 19.9 Å². The first-order valence-electron chi connectivity index (χ1n) is 5.37. The molecule has 106 valence electrons. The van der Waals surface area contributed by atoms with Crippen molar-refractivity contribution in [1.29, 1.82) is 0 Å². The summed E-state index contributed by atoms with van der Waals surface area (Å²) in [7, 11) is -6.88. The van der Waals surface area contributed by atoms with Crippen LogP contribution in [0.1, 0.15) is 6.42 Å². The second-order valence-corrected chi connectivity index (χ2v) is 9.50. The van der Waals surface area contributed by atoms with Crippen LogP contribution >= 0.6 is 27.5 Å². The van der Waals surface area contributed by atoms with Crippen LogP contribution in [0.3, 0.4) is 0 Å². The second-order valence-electron chi connectivity index (χ2n) is 4.30. The normalized spacial score (nSPS) is 22.5. The topological polar surface area (TPSA) is 80.3 Å². The van der Waals surface area contributed by atoms with E-state index >= 15 is 0 Å². The number of hydrogen-bond donors (Lipinski definition) is 1. The summed E-state index contributed by atoms with van der Waals surface area (Å²) in [6.45, 7) is 0. The minimum Gasteiger partial charge on any atom is -0.229 e. The molecular formula is C10H11BrClNO4S2. The molecule has 0 radical (unpaired) electrons. The van der Waals surface area contributed by atoms with E-state index in [-0.39, 0.29) is 21.4 Å². The summed E-state index contributed by atoms with van der Waals surface area (Å²) in [5, 5.41) is 0.280. The highest BCUT2D eigenvalue weighted by Gasteiger charge is 2.31. The van der Waals surface area contributed by atoms with Gasteiger partial charge in [0.05, 0.1) is 21.4 Å². The summed E-state index contributed by atoms with van der Waals surface area (Å²) in [4.78, 5) is 0.0185. The maximum absolute atomic E-state index is 12.1. The molecular weight excluding hydrogens is 378 g/mol. The van der Waals surface area contributed by atoms with Crippen LogP contribution in [0.25, 0.3) is 0 Å². The molecule has 0 bridgehead atoms. The fourth-order valence-corrected chi connectivity index (χ4v) is 5.39. The predicted octanol–water partition coefficient (Wildman–Crippen LogP) is 1.57. The van der Waals surface area contributed by atoms with Crippen molar-refractivity contribution in [3.63, 3.8) is 0 Å². The molecule has 0 aliphatic carbocycles. The average molecular weight is 389 g/mol. The van der Waals surface area contributed by atoms with Crippen molar-refractivity contribution in [3.05, 3.63) is 27.7 Å². The van der Waals surface area contributed by atoms with Crippen LogP contribution in [0.15, 0.2) is 27.6 Å². The Kier molecular flexibility index (Phi) is 4.27. The van der Waals surface area contributed by atoms with Gasteiger partial charge in [-0.2, -0.15) is 0 Å². The Hall–Kier alpha value is -0.150. The third-order valence-corrected chi connectivity index (χ3v) is 7.27. The van der Waals surface area contributed by atoms with Gasteiger partial charge in [0.15, 0.2) is 9.84 Å². The lowest BCUT2D eigenvalue weighted by atomic mass is 10.3. The van der Waals surface area contributed by atoms with Crippen molar-refractivity contribution in [2.24, 2.45) is 0 Å². The van der Waals surface area contributed by atoms with E-state index in [0.717, 1.165) is 0 Å². The molecule has 1 aromatic rings. The maximum atomic E-state index is 12.1. The molecule has 5 nitrogen and oxygen atoms in total. The largest absolute Gasteiger partial charge is 0.240 e. The zero-order valence-corrected chi connectivity index (χ0v) is 13.6. The lowest BCUT2D eigenvalue weighted by Crippen LogP contribution is -2.35. The highest BCUT2D eigenvalue weighted by molar-refractivity contribution is 9.10. The van der Waals surface area contributed by atoms with Gasteiger partial charge in [-0.15, -0.1) is 0 Å². The minimum atomic E-state index is -3.75. The van der Waals surface area contributed by atoms with Crippen LogP contribution < -0.4 is 4.72 Å². The summed E-state index contributed by atoms with van der Waals surface area (Å²) < 4.78 is 49.8. The second kappa shape index (κ2) is 5.33. The van der Waals surface area contributed by atoms with Gasteiger partial charge >= 0.3 is 0 Å². The summed E-state index contributed by atoms with van der Waals surface area (Å²) in [6, 6.07) is 3.68. The number of benzene rings is 1. The van der Waals surface area contributed by atoms with E-state index in [0.29, 0.717) is 10.9 Å².